The van der Waals surface area contributed by atoms with Crippen molar-refractivity contribution in [1.29, 1.82) is 0 Å². The van der Waals surface area contributed by atoms with Crippen LogP contribution in [0.2, 0.25) is 0 Å². The molecule has 65 heavy (non-hydrogen) atoms. The largest absolute Gasteiger partial charge is 0.412 e. The number of aliphatic imine (C=N–C) groups is 4. The Morgan fingerprint density at radius 3 is 0.600 bits per heavy atom. The molecule has 0 saturated heterocycles. The molecule has 0 radical (unpaired) electrons. The molecule has 5 aliphatic heterocycles. The van der Waals surface area contributed by atoms with Gasteiger partial charge in [0.1, 0.15) is 0 Å². The summed E-state index contributed by atoms with van der Waals surface area (Å²) in [6, 6.07) is 21.6. The predicted octanol–water partition coefficient (Wildman–Crippen LogP) is 5.85. The minimum absolute atomic E-state index is 0. The van der Waals surface area contributed by atoms with Crippen molar-refractivity contribution in [1.82, 2.24) is 0 Å². The molecule has 4 aromatic carbocycles. The van der Waals surface area contributed by atoms with Crippen LogP contribution in [0.1, 0.15) is 22.3 Å². The Hall–Kier alpha value is -6.92. The molecule has 6 N–H and O–H groups in total. The van der Waals surface area contributed by atoms with Crippen molar-refractivity contribution in [2.24, 2.45) is 20.0 Å². The number of hydrogen-bond acceptors (Lipinski definition) is 12. The number of rotatable bonds is 8. The molecular weight excluding hydrogens is 921 g/mol. The Morgan fingerprint density at radius 1 is 0.277 bits per heavy atom. The highest BCUT2D eigenvalue weighted by Gasteiger charge is 2.29. The minimum atomic E-state index is -4.56. The van der Waals surface area contributed by atoms with Crippen molar-refractivity contribution in [3.8, 4) is 0 Å². The van der Waals surface area contributed by atoms with Crippen molar-refractivity contribution in [2.75, 3.05) is 0 Å². The van der Waals surface area contributed by atoms with Gasteiger partial charge in [-0.15, -0.1) is 0 Å². The molecule has 0 spiro atoms. The van der Waals surface area contributed by atoms with Crippen LogP contribution in [0.25, 0.3) is 22.3 Å². The van der Waals surface area contributed by atoms with E-state index in [2.05, 4.69) is 0 Å². The van der Waals surface area contributed by atoms with Crippen LogP contribution < -0.4 is 0 Å². The maximum atomic E-state index is 12.0. The average molecular weight is 951 g/mol. The Labute approximate surface area is 371 Å². The maximum Gasteiger partial charge on any atom is 0.294 e. The molecule has 328 valence electrons. The molecular formula is C44H30N4O13S4. The Morgan fingerprint density at radius 2 is 0.446 bits per heavy atom. The zero-order chi connectivity index (χ0) is 45.3. The number of hydrogen-bond donors (Lipinski definition) is 4. The lowest BCUT2D eigenvalue weighted by molar-refractivity contribution is 0.481. The molecule has 5 aliphatic rings. The Bertz CT molecular complexity index is 3140. The van der Waals surface area contributed by atoms with E-state index in [1.807, 2.05) is 0 Å². The fraction of sp³-hybridized carbons (Fsp3) is 0. The lowest BCUT2D eigenvalue weighted by Crippen LogP contribution is -2.05. The zero-order valence-corrected chi connectivity index (χ0v) is 36.1. The monoisotopic (exact) mass is 950 g/mol. The van der Waals surface area contributed by atoms with Gasteiger partial charge in [-0.1, -0.05) is 48.5 Å². The summed E-state index contributed by atoms with van der Waals surface area (Å²) in [4.78, 5) is 18.7. The first-order valence-corrected chi connectivity index (χ1v) is 24.4. The normalized spacial score (nSPS) is 17.2. The predicted molar refractivity (Wildman–Crippen MR) is 243 cm³/mol. The highest BCUT2D eigenvalue weighted by Crippen LogP contribution is 2.39. The zero-order valence-electron chi connectivity index (χ0n) is 32.8. The summed E-state index contributed by atoms with van der Waals surface area (Å²) >= 11 is 0. The van der Waals surface area contributed by atoms with Crippen LogP contribution in [-0.2, 0) is 40.5 Å². The van der Waals surface area contributed by atoms with Crippen LogP contribution in [0, 0.1) is 0 Å². The fourth-order valence-electron chi connectivity index (χ4n) is 7.44. The van der Waals surface area contributed by atoms with Crippen molar-refractivity contribution >= 4 is 85.6 Å². The van der Waals surface area contributed by atoms with Gasteiger partial charge in [-0.05, 0) is 119 Å². The van der Waals surface area contributed by atoms with E-state index in [1.165, 1.54) is 97.1 Å². The molecule has 4 aromatic rings. The Balaban J connectivity index is 0.00000576. The summed E-state index contributed by atoms with van der Waals surface area (Å²) in [6.45, 7) is 0. The SMILES string of the molecule is O.O=S(=O)(O)c1ccc(C2=C3C=CC(=N3)C(c3ccc(S(=O)(=O)O)cc3)=C3C=CC(=N3)C(c3ccc(S(=O)(=O)O)cc3)=C3C=CC(=N3)C(c3ccc(S(=O)(=O)O)cc3)=C3C=CC2=N3)cc1. The molecule has 5 heterocycles. The van der Waals surface area contributed by atoms with Gasteiger partial charge in [0.15, 0.2) is 0 Å². The van der Waals surface area contributed by atoms with Gasteiger partial charge in [-0.3, -0.25) is 18.2 Å². The van der Waals surface area contributed by atoms with E-state index in [0.29, 0.717) is 90.2 Å². The van der Waals surface area contributed by atoms with Crippen LogP contribution in [0.3, 0.4) is 0 Å². The van der Waals surface area contributed by atoms with Crippen LogP contribution in [-0.4, -0.2) is 80.2 Å². The number of allylic oxidation sites excluding steroid dienone is 12. The van der Waals surface area contributed by atoms with E-state index in [9.17, 15) is 51.9 Å². The third kappa shape index (κ3) is 8.70. The van der Waals surface area contributed by atoms with Crippen molar-refractivity contribution in [3.63, 3.8) is 0 Å². The molecule has 8 bridgehead atoms. The van der Waals surface area contributed by atoms with Crippen molar-refractivity contribution < 1.29 is 57.4 Å². The van der Waals surface area contributed by atoms with Gasteiger partial charge >= 0.3 is 0 Å². The average Bonchev–Trinajstić information content (AvgIpc) is 4.08. The van der Waals surface area contributed by atoms with Crippen LogP contribution in [0.5, 0.6) is 0 Å². The van der Waals surface area contributed by atoms with E-state index in [-0.39, 0.29) is 25.1 Å². The first-order chi connectivity index (χ1) is 30.2. The molecule has 0 fully saturated rings. The summed E-state index contributed by atoms with van der Waals surface area (Å²) in [5.41, 5.74) is 6.28. The van der Waals surface area contributed by atoms with Gasteiger partial charge in [0, 0.05) is 22.3 Å². The molecule has 21 heteroatoms. The first-order valence-electron chi connectivity index (χ1n) is 18.6. The highest BCUT2D eigenvalue weighted by molar-refractivity contribution is 7.86. The van der Waals surface area contributed by atoms with E-state index in [1.54, 1.807) is 48.6 Å². The number of fused-ring (bicyclic) bond motifs is 4. The third-order valence-electron chi connectivity index (χ3n) is 10.4. The van der Waals surface area contributed by atoms with Gasteiger partial charge in [0.05, 0.1) is 65.2 Å². The minimum Gasteiger partial charge on any atom is -0.412 e. The number of nitrogens with zero attached hydrogens (tertiary/aromatic N) is 4. The number of benzene rings is 4. The molecule has 0 saturated carbocycles. The molecule has 0 aliphatic carbocycles. The fourth-order valence-corrected chi connectivity index (χ4v) is 9.36. The maximum absolute atomic E-state index is 12.0. The van der Waals surface area contributed by atoms with Gasteiger partial charge in [-0.25, -0.2) is 20.0 Å². The summed E-state index contributed by atoms with van der Waals surface area (Å²) in [5.74, 6) is 0. The van der Waals surface area contributed by atoms with Crippen LogP contribution in [0.15, 0.2) is 208 Å². The van der Waals surface area contributed by atoms with Crippen LogP contribution >= 0.6 is 0 Å². The van der Waals surface area contributed by atoms with Gasteiger partial charge in [0.25, 0.3) is 40.5 Å². The second kappa shape index (κ2) is 16.3. The van der Waals surface area contributed by atoms with E-state index >= 15 is 0 Å². The van der Waals surface area contributed by atoms with Gasteiger partial charge < -0.3 is 5.48 Å². The second-order valence-corrected chi connectivity index (χ2v) is 20.0. The first kappa shape index (κ1) is 44.7. The van der Waals surface area contributed by atoms with Crippen LogP contribution in [0.4, 0.5) is 0 Å². The second-order valence-electron chi connectivity index (χ2n) is 14.4. The van der Waals surface area contributed by atoms with E-state index < -0.39 is 40.5 Å². The lowest BCUT2D eigenvalue weighted by atomic mass is 9.98. The topological polar surface area (TPSA) is 298 Å². The van der Waals surface area contributed by atoms with Gasteiger partial charge in [-0.2, -0.15) is 33.7 Å². The summed E-state index contributed by atoms with van der Waals surface area (Å²) in [7, 11) is -18.2. The van der Waals surface area contributed by atoms with Gasteiger partial charge in [0.2, 0.25) is 0 Å². The van der Waals surface area contributed by atoms with E-state index in [0.717, 1.165) is 0 Å². The quantitative estimate of drug-likeness (QED) is 0.151. The summed E-state index contributed by atoms with van der Waals surface area (Å²) < 4.78 is 135. The summed E-state index contributed by atoms with van der Waals surface area (Å²) in [6.07, 6.45) is 13.6. The molecule has 0 atom stereocenters. The summed E-state index contributed by atoms with van der Waals surface area (Å²) in [5, 5.41) is 0. The smallest absolute Gasteiger partial charge is 0.294 e. The third-order valence-corrected chi connectivity index (χ3v) is 13.8. The molecule has 17 nitrogen and oxygen atoms in total. The van der Waals surface area contributed by atoms with Crippen molar-refractivity contribution in [2.45, 2.75) is 19.6 Å². The Kier molecular flexibility index (Phi) is 11.2. The molecule has 9 rings (SSSR count). The van der Waals surface area contributed by atoms with E-state index in [4.69, 9.17) is 20.0 Å². The highest BCUT2D eigenvalue weighted by atomic mass is 32.2. The standard InChI is InChI=1S/C44H28N4O12S4.H2O/c49-61(50,51)29-9-1-25(2-10-29)41-33-17-19-35(45-33)42(26-3-11-30(12-4-26)62(52,53)54)37-21-23-39(47-37)44(28-7-15-32(16-8-28)64(58,59)60)40-24-22-38(48-40)43(36-20-18-34(41)46-36)27-5-13-31(14-6-27)63(55,56)57;/h1-24H,(H,49,50,51)(H,52,53,54)(H,55,56,57)(H,58,59,60);1H2. The molecule has 0 amide bonds. The molecule has 0 unspecified atom stereocenters. The van der Waals surface area contributed by atoms with Crippen molar-refractivity contribution in [3.05, 3.63) is 191 Å². The lowest BCUT2D eigenvalue weighted by Gasteiger charge is -2.13. The molecule has 0 aromatic heterocycles.